The van der Waals surface area contributed by atoms with E-state index in [1.807, 2.05) is 24.3 Å². The molecule has 0 fully saturated rings. The van der Waals surface area contributed by atoms with Crippen LogP contribution in [0.2, 0.25) is 0 Å². The number of carbonyl (C=O) groups excluding carboxylic acids is 1. The van der Waals surface area contributed by atoms with Gasteiger partial charge in [0.25, 0.3) is 5.69 Å². The first-order valence-corrected chi connectivity index (χ1v) is 8.24. The second-order valence-corrected chi connectivity index (χ2v) is 5.75. The topological polar surface area (TPSA) is 90.1 Å². The summed E-state index contributed by atoms with van der Waals surface area (Å²) in [6, 6.07) is 13.9. The lowest BCUT2D eigenvalue weighted by atomic mass is 10.2. The summed E-state index contributed by atoms with van der Waals surface area (Å²) in [5, 5.41) is 13.4. The summed E-state index contributed by atoms with van der Waals surface area (Å²) in [6.45, 7) is 1.32. The van der Waals surface area contributed by atoms with Crippen LogP contribution < -0.4 is 5.32 Å². The molecule has 2 aromatic carbocycles. The molecule has 26 heavy (non-hydrogen) atoms. The number of aryl methyl sites for hydroxylation is 1. The van der Waals surface area contributed by atoms with Gasteiger partial charge in [-0.25, -0.2) is 4.98 Å². The number of fused-ring (bicyclic) bond motifs is 1. The number of nitro benzene ring substituents is 1. The van der Waals surface area contributed by atoms with E-state index in [-0.39, 0.29) is 11.6 Å². The van der Waals surface area contributed by atoms with E-state index in [1.54, 1.807) is 24.5 Å². The quantitative estimate of drug-likeness (QED) is 0.307. The third-order valence-corrected chi connectivity index (χ3v) is 3.93. The zero-order valence-electron chi connectivity index (χ0n) is 14.0. The van der Waals surface area contributed by atoms with Crippen LogP contribution in [0.5, 0.6) is 0 Å². The standard InChI is InChI=1S/C19H18N4O3/c24-19(11-8-15-6-9-16(10-7-15)23(25)26)20-12-3-13-22-14-21-17-4-1-2-5-18(17)22/h1-2,4-11,14H,3,12-13H2,(H,20,24)/b11-8+. The first kappa shape index (κ1) is 17.3. The van der Waals surface area contributed by atoms with Crippen LogP contribution in [0.1, 0.15) is 12.0 Å². The fraction of sp³-hybridized carbons (Fsp3) is 0.158. The van der Waals surface area contributed by atoms with E-state index in [1.165, 1.54) is 18.2 Å². The SMILES string of the molecule is O=C(/C=C/c1ccc([N+](=O)[O-])cc1)NCCCn1cnc2ccccc21. The molecule has 0 aliphatic rings. The smallest absolute Gasteiger partial charge is 0.269 e. The number of aromatic nitrogens is 2. The summed E-state index contributed by atoms with van der Waals surface area (Å²) in [5.74, 6) is -0.196. The monoisotopic (exact) mass is 350 g/mol. The average Bonchev–Trinajstić information content (AvgIpc) is 3.07. The minimum absolute atomic E-state index is 0.0265. The zero-order valence-corrected chi connectivity index (χ0v) is 14.0. The molecule has 0 aliphatic carbocycles. The highest BCUT2D eigenvalue weighted by atomic mass is 16.6. The number of benzene rings is 2. The van der Waals surface area contributed by atoms with E-state index in [9.17, 15) is 14.9 Å². The van der Waals surface area contributed by atoms with Crippen molar-refractivity contribution in [3.05, 3.63) is 76.6 Å². The molecule has 3 aromatic rings. The number of rotatable bonds is 7. The lowest BCUT2D eigenvalue weighted by molar-refractivity contribution is -0.384. The van der Waals surface area contributed by atoms with Crippen LogP contribution in [0.25, 0.3) is 17.1 Å². The molecule has 0 spiro atoms. The van der Waals surface area contributed by atoms with Crippen LogP contribution in [0.15, 0.2) is 60.9 Å². The number of nitro groups is 1. The fourth-order valence-corrected chi connectivity index (χ4v) is 2.59. The Morgan fingerprint density at radius 2 is 1.96 bits per heavy atom. The van der Waals surface area contributed by atoms with Gasteiger partial charge < -0.3 is 9.88 Å². The average molecular weight is 350 g/mol. The Bertz CT molecular complexity index is 945. The molecule has 0 atom stereocenters. The number of non-ortho nitro benzene ring substituents is 1. The molecule has 0 saturated carbocycles. The molecule has 1 aromatic heterocycles. The van der Waals surface area contributed by atoms with Crippen LogP contribution in [-0.2, 0) is 11.3 Å². The van der Waals surface area contributed by atoms with Crippen LogP contribution >= 0.6 is 0 Å². The maximum Gasteiger partial charge on any atom is 0.269 e. The molecular weight excluding hydrogens is 332 g/mol. The first-order valence-electron chi connectivity index (χ1n) is 8.24. The minimum Gasteiger partial charge on any atom is -0.352 e. The van der Waals surface area contributed by atoms with E-state index < -0.39 is 4.92 Å². The van der Waals surface area contributed by atoms with Gasteiger partial charge in [0.15, 0.2) is 0 Å². The third-order valence-electron chi connectivity index (χ3n) is 3.93. The maximum absolute atomic E-state index is 11.8. The lowest BCUT2D eigenvalue weighted by Crippen LogP contribution is -2.23. The van der Waals surface area contributed by atoms with E-state index in [4.69, 9.17) is 0 Å². The highest BCUT2D eigenvalue weighted by Gasteiger charge is 2.03. The Labute approximate surface area is 150 Å². The van der Waals surface area contributed by atoms with E-state index in [2.05, 4.69) is 14.9 Å². The van der Waals surface area contributed by atoms with Gasteiger partial charge in [0.2, 0.25) is 5.91 Å². The largest absolute Gasteiger partial charge is 0.352 e. The molecule has 7 nitrogen and oxygen atoms in total. The van der Waals surface area contributed by atoms with Gasteiger partial charge in [-0.1, -0.05) is 12.1 Å². The third kappa shape index (κ3) is 4.32. The number of nitrogens with one attached hydrogen (secondary N) is 1. The van der Waals surface area contributed by atoms with Gasteiger partial charge in [-0.3, -0.25) is 14.9 Å². The Morgan fingerprint density at radius 1 is 1.19 bits per heavy atom. The normalized spacial score (nSPS) is 11.1. The molecule has 0 radical (unpaired) electrons. The van der Waals surface area contributed by atoms with Crippen molar-refractivity contribution in [3.8, 4) is 0 Å². The molecular formula is C19H18N4O3. The second kappa shape index (κ2) is 8.06. The van der Waals surface area contributed by atoms with Crippen LogP contribution in [0, 0.1) is 10.1 Å². The van der Waals surface area contributed by atoms with Crippen molar-refractivity contribution >= 4 is 28.7 Å². The Morgan fingerprint density at radius 3 is 2.73 bits per heavy atom. The van der Waals surface area contributed by atoms with Crippen molar-refractivity contribution in [1.82, 2.24) is 14.9 Å². The summed E-state index contributed by atoms with van der Waals surface area (Å²) >= 11 is 0. The van der Waals surface area contributed by atoms with Gasteiger partial charge in [-0.05, 0) is 42.3 Å². The number of hydrogen-bond acceptors (Lipinski definition) is 4. The molecule has 7 heteroatoms. The predicted molar refractivity (Wildman–Crippen MR) is 99.5 cm³/mol. The Balaban J connectivity index is 1.44. The van der Waals surface area contributed by atoms with E-state index >= 15 is 0 Å². The molecule has 1 amide bonds. The van der Waals surface area contributed by atoms with Gasteiger partial charge in [0.05, 0.1) is 22.3 Å². The number of amides is 1. The van der Waals surface area contributed by atoms with Gasteiger partial charge in [-0.2, -0.15) is 0 Å². The number of carbonyl (C=O) groups is 1. The zero-order chi connectivity index (χ0) is 18.4. The summed E-state index contributed by atoms with van der Waals surface area (Å²) in [4.78, 5) is 26.3. The van der Waals surface area contributed by atoms with Crippen molar-refractivity contribution in [3.63, 3.8) is 0 Å². The molecule has 132 valence electrons. The van der Waals surface area contributed by atoms with Crippen molar-refractivity contribution in [1.29, 1.82) is 0 Å². The molecule has 0 unspecified atom stereocenters. The number of hydrogen-bond donors (Lipinski definition) is 1. The number of nitrogens with zero attached hydrogens (tertiary/aromatic N) is 3. The molecule has 0 aliphatic heterocycles. The highest BCUT2D eigenvalue weighted by molar-refractivity contribution is 5.91. The Hall–Kier alpha value is -3.48. The molecule has 0 saturated heterocycles. The predicted octanol–water partition coefficient (Wildman–Crippen LogP) is 3.16. The van der Waals surface area contributed by atoms with E-state index in [0.29, 0.717) is 6.54 Å². The second-order valence-electron chi connectivity index (χ2n) is 5.75. The first-order chi connectivity index (χ1) is 12.6. The lowest BCUT2D eigenvalue weighted by Gasteiger charge is -2.05. The Kier molecular flexibility index (Phi) is 5.38. The van der Waals surface area contributed by atoms with Gasteiger partial charge >= 0.3 is 0 Å². The molecule has 1 heterocycles. The van der Waals surface area contributed by atoms with Crippen LogP contribution in [0.4, 0.5) is 5.69 Å². The summed E-state index contributed by atoms with van der Waals surface area (Å²) < 4.78 is 2.06. The van der Waals surface area contributed by atoms with Gasteiger partial charge in [0, 0.05) is 31.3 Å². The summed E-state index contributed by atoms with van der Waals surface area (Å²) in [7, 11) is 0. The highest BCUT2D eigenvalue weighted by Crippen LogP contribution is 2.13. The van der Waals surface area contributed by atoms with Crippen molar-refractivity contribution in [2.24, 2.45) is 0 Å². The van der Waals surface area contributed by atoms with Crippen molar-refractivity contribution in [2.75, 3.05) is 6.54 Å². The van der Waals surface area contributed by atoms with Crippen molar-refractivity contribution in [2.45, 2.75) is 13.0 Å². The van der Waals surface area contributed by atoms with Crippen LogP contribution in [-0.4, -0.2) is 26.9 Å². The van der Waals surface area contributed by atoms with Gasteiger partial charge in [0.1, 0.15) is 0 Å². The molecule has 3 rings (SSSR count). The number of imidazole rings is 1. The van der Waals surface area contributed by atoms with E-state index in [0.717, 1.165) is 29.6 Å². The van der Waals surface area contributed by atoms with Crippen LogP contribution in [0.3, 0.4) is 0 Å². The molecule has 1 N–H and O–H groups in total. The molecule has 0 bridgehead atoms. The minimum atomic E-state index is -0.455. The fourth-order valence-electron chi connectivity index (χ4n) is 2.59. The summed E-state index contributed by atoms with van der Waals surface area (Å²) in [6.07, 6.45) is 5.65. The van der Waals surface area contributed by atoms with Gasteiger partial charge in [-0.15, -0.1) is 0 Å². The van der Waals surface area contributed by atoms with Crippen molar-refractivity contribution < 1.29 is 9.72 Å². The number of para-hydroxylation sites is 2. The summed E-state index contributed by atoms with van der Waals surface area (Å²) in [5.41, 5.74) is 2.80. The maximum atomic E-state index is 11.8.